The van der Waals surface area contributed by atoms with Crippen LogP contribution in [0.2, 0.25) is 0 Å². The zero-order valence-corrected chi connectivity index (χ0v) is 21.7. The summed E-state index contributed by atoms with van der Waals surface area (Å²) in [5.74, 6) is -0.979. The van der Waals surface area contributed by atoms with Gasteiger partial charge >= 0.3 is 5.97 Å². The third-order valence-corrected chi connectivity index (χ3v) is 7.17. The van der Waals surface area contributed by atoms with E-state index in [9.17, 15) is 14.4 Å². The minimum absolute atomic E-state index is 0.101. The van der Waals surface area contributed by atoms with Crippen molar-refractivity contribution in [3.05, 3.63) is 113 Å². The lowest BCUT2D eigenvalue weighted by Crippen LogP contribution is -2.16. The van der Waals surface area contributed by atoms with Crippen LogP contribution in [0.5, 0.6) is 0 Å². The minimum atomic E-state index is -0.485. The Hall–Kier alpha value is -5.04. The van der Waals surface area contributed by atoms with Crippen molar-refractivity contribution in [1.82, 2.24) is 9.55 Å². The zero-order valence-electron chi connectivity index (χ0n) is 21.7. The molecule has 1 heterocycles. The maximum Gasteiger partial charge on any atom is 0.338 e. The van der Waals surface area contributed by atoms with E-state index in [1.54, 1.807) is 55.7 Å². The molecule has 1 aliphatic rings. The van der Waals surface area contributed by atoms with Gasteiger partial charge in [-0.25, -0.2) is 9.78 Å². The second-order valence-electron chi connectivity index (χ2n) is 9.55. The Balaban J connectivity index is 1.48. The van der Waals surface area contributed by atoms with Gasteiger partial charge < -0.3 is 10.1 Å². The molecular formula is C32H25N3O4. The summed E-state index contributed by atoms with van der Waals surface area (Å²) >= 11 is 0. The van der Waals surface area contributed by atoms with Crippen LogP contribution in [0.4, 0.5) is 5.69 Å². The first-order valence-electron chi connectivity index (χ1n) is 12.7. The maximum atomic E-state index is 13.8. The zero-order chi connectivity index (χ0) is 27.3. The van der Waals surface area contributed by atoms with Gasteiger partial charge in [-0.15, -0.1) is 0 Å². The highest BCUT2D eigenvalue weighted by Gasteiger charge is 2.30. The highest BCUT2D eigenvalue weighted by Crippen LogP contribution is 2.39. The van der Waals surface area contributed by atoms with Crippen molar-refractivity contribution >= 4 is 34.4 Å². The number of ketones is 1. The molecule has 0 radical (unpaired) electrons. The summed E-state index contributed by atoms with van der Waals surface area (Å²) in [6, 6.07) is 21.6. The normalized spacial score (nSPS) is 11.8. The minimum Gasteiger partial charge on any atom is -0.462 e. The van der Waals surface area contributed by atoms with Crippen LogP contribution in [0, 0.1) is 13.8 Å². The number of hydrogen-bond donors (Lipinski definition) is 1. The maximum absolute atomic E-state index is 13.8. The largest absolute Gasteiger partial charge is 0.462 e. The standard InChI is InChI=1S/C32H25N3O4/c1-4-39-32(38)20-12-13-27(35-17-33-25-14-18(2)19(3)15-28(25)35)26(16-20)34-31(37)24-11-7-10-23-29(24)21-8-5-6-9-22(21)30(23)36/h5-17H,4H2,1-3H3,(H,34,37). The molecule has 1 aromatic heterocycles. The summed E-state index contributed by atoms with van der Waals surface area (Å²) in [5, 5.41) is 3.01. The van der Waals surface area contributed by atoms with E-state index >= 15 is 0 Å². The number of rotatable bonds is 5. The number of benzene rings is 4. The van der Waals surface area contributed by atoms with E-state index in [4.69, 9.17) is 4.74 Å². The van der Waals surface area contributed by atoms with Crippen LogP contribution >= 0.6 is 0 Å². The molecule has 0 fully saturated rings. The molecule has 4 aromatic carbocycles. The second-order valence-corrected chi connectivity index (χ2v) is 9.55. The van der Waals surface area contributed by atoms with Crippen molar-refractivity contribution < 1.29 is 19.1 Å². The Labute approximate surface area is 225 Å². The molecule has 6 rings (SSSR count). The van der Waals surface area contributed by atoms with Gasteiger partial charge in [0.25, 0.3) is 5.91 Å². The number of imidazole rings is 1. The van der Waals surface area contributed by atoms with Crippen molar-refractivity contribution in [1.29, 1.82) is 0 Å². The van der Waals surface area contributed by atoms with E-state index in [1.165, 1.54) is 0 Å². The lowest BCUT2D eigenvalue weighted by molar-refractivity contribution is 0.0526. The number of fused-ring (bicyclic) bond motifs is 4. The van der Waals surface area contributed by atoms with E-state index < -0.39 is 11.9 Å². The van der Waals surface area contributed by atoms with E-state index in [1.807, 2.05) is 42.7 Å². The molecule has 0 aliphatic heterocycles. The molecule has 0 bridgehead atoms. The average molecular weight is 516 g/mol. The molecule has 1 aliphatic carbocycles. The number of anilines is 1. The fourth-order valence-electron chi connectivity index (χ4n) is 5.10. The number of amides is 1. The first-order valence-corrected chi connectivity index (χ1v) is 12.7. The van der Waals surface area contributed by atoms with E-state index in [0.29, 0.717) is 39.2 Å². The van der Waals surface area contributed by atoms with Gasteiger partial charge in [-0.1, -0.05) is 36.4 Å². The molecule has 0 unspecified atom stereocenters. The number of ether oxygens (including phenoxy) is 1. The Morgan fingerprint density at radius 2 is 1.64 bits per heavy atom. The first-order chi connectivity index (χ1) is 18.9. The molecular weight excluding hydrogens is 490 g/mol. The second kappa shape index (κ2) is 9.36. The molecule has 0 saturated carbocycles. The van der Waals surface area contributed by atoms with Crippen LogP contribution in [0.25, 0.3) is 27.8 Å². The first kappa shape index (κ1) is 24.3. The van der Waals surface area contributed by atoms with Crippen LogP contribution in [-0.2, 0) is 4.74 Å². The van der Waals surface area contributed by atoms with Gasteiger partial charge in [0.1, 0.15) is 6.33 Å². The van der Waals surface area contributed by atoms with Crippen LogP contribution in [0.1, 0.15) is 54.7 Å². The predicted molar refractivity (Wildman–Crippen MR) is 150 cm³/mol. The van der Waals surface area contributed by atoms with E-state index in [0.717, 1.165) is 27.7 Å². The van der Waals surface area contributed by atoms with E-state index in [2.05, 4.69) is 16.4 Å². The van der Waals surface area contributed by atoms with Crippen molar-refractivity contribution in [2.24, 2.45) is 0 Å². The van der Waals surface area contributed by atoms with Gasteiger partial charge in [-0.3, -0.25) is 14.2 Å². The molecule has 0 atom stereocenters. The number of aryl methyl sites for hydroxylation is 2. The molecule has 39 heavy (non-hydrogen) atoms. The number of nitrogens with zero attached hydrogens (tertiary/aromatic N) is 2. The summed E-state index contributed by atoms with van der Waals surface area (Å²) in [4.78, 5) is 44.0. The topological polar surface area (TPSA) is 90.3 Å². The Morgan fingerprint density at radius 1 is 0.897 bits per heavy atom. The summed E-state index contributed by atoms with van der Waals surface area (Å²) in [7, 11) is 0. The van der Waals surface area contributed by atoms with Crippen LogP contribution in [0.3, 0.4) is 0 Å². The number of aromatic nitrogens is 2. The van der Waals surface area contributed by atoms with Crippen molar-refractivity contribution in [2.75, 3.05) is 11.9 Å². The average Bonchev–Trinajstić information content (AvgIpc) is 3.47. The molecule has 1 N–H and O–H groups in total. The van der Waals surface area contributed by atoms with Crippen LogP contribution in [0.15, 0.2) is 79.1 Å². The van der Waals surface area contributed by atoms with Crippen LogP contribution < -0.4 is 5.32 Å². The number of carbonyl (C=O) groups excluding carboxylic acids is 3. The molecule has 7 nitrogen and oxygen atoms in total. The van der Waals surface area contributed by atoms with Crippen molar-refractivity contribution in [3.8, 4) is 16.8 Å². The molecule has 7 heteroatoms. The van der Waals surface area contributed by atoms with Gasteiger partial charge in [-0.05, 0) is 73.9 Å². The third-order valence-electron chi connectivity index (χ3n) is 7.17. The third kappa shape index (κ3) is 3.99. The summed E-state index contributed by atoms with van der Waals surface area (Å²) in [6.07, 6.45) is 1.70. The summed E-state index contributed by atoms with van der Waals surface area (Å²) in [5.41, 5.74) is 8.10. The summed E-state index contributed by atoms with van der Waals surface area (Å²) in [6.45, 7) is 6.05. The van der Waals surface area contributed by atoms with Crippen molar-refractivity contribution in [2.45, 2.75) is 20.8 Å². The van der Waals surface area contributed by atoms with Gasteiger partial charge in [-0.2, -0.15) is 0 Å². The van der Waals surface area contributed by atoms with Gasteiger partial charge in [0.2, 0.25) is 0 Å². The number of hydrogen-bond acceptors (Lipinski definition) is 5. The van der Waals surface area contributed by atoms with Crippen molar-refractivity contribution in [3.63, 3.8) is 0 Å². The Bertz CT molecular complexity index is 1830. The predicted octanol–water partition coefficient (Wildman–Crippen LogP) is 6.28. The fraction of sp³-hybridized carbons (Fsp3) is 0.125. The highest BCUT2D eigenvalue weighted by molar-refractivity contribution is 6.25. The van der Waals surface area contributed by atoms with Gasteiger partial charge in [0.05, 0.1) is 34.6 Å². The number of nitrogens with one attached hydrogen (secondary N) is 1. The molecule has 0 saturated heterocycles. The molecule has 192 valence electrons. The quantitative estimate of drug-likeness (QED) is 0.273. The SMILES string of the molecule is CCOC(=O)c1ccc(-n2cnc3cc(C)c(C)cc32)c(NC(=O)c2cccc3c2-c2ccccc2C3=O)c1. The monoisotopic (exact) mass is 515 g/mol. The summed E-state index contributed by atoms with van der Waals surface area (Å²) < 4.78 is 7.09. The number of esters is 1. The Morgan fingerprint density at radius 3 is 2.44 bits per heavy atom. The molecule has 1 amide bonds. The van der Waals surface area contributed by atoms with Crippen LogP contribution in [-0.4, -0.2) is 33.8 Å². The fourth-order valence-corrected chi connectivity index (χ4v) is 5.10. The number of carbonyl (C=O) groups is 3. The van der Waals surface area contributed by atoms with Gasteiger partial charge in [0.15, 0.2) is 5.78 Å². The van der Waals surface area contributed by atoms with E-state index in [-0.39, 0.29) is 12.4 Å². The molecule has 5 aromatic rings. The lowest BCUT2D eigenvalue weighted by atomic mass is 9.98. The Kier molecular flexibility index (Phi) is 5.84. The molecule has 0 spiro atoms. The van der Waals surface area contributed by atoms with Gasteiger partial charge in [0, 0.05) is 22.3 Å². The smallest absolute Gasteiger partial charge is 0.338 e. The highest BCUT2D eigenvalue weighted by atomic mass is 16.5. The lowest BCUT2D eigenvalue weighted by Gasteiger charge is -2.16.